The lowest BCUT2D eigenvalue weighted by molar-refractivity contribution is -0.169. The van der Waals surface area contributed by atoms with Crippen LogP contribution < -0.4 is 0 Å². The van der Waals surface area contributed by atoms with Crippen molar-refractivity contribution in [1.29, 1.82) is 0 Å². The molecule has 3 aliphatic rings. The highest BCUT2D eigenvalue weighted by molar-refractivity contribution is 5.77. The topological polar surface area (TPSA) is 52.6 Å². The second-order valence-corrected chi connectivity index (χ2v) is 4.84. The molecule has 0 N–H and O–H groups in total. The number of carbonyl (C=O) groups excluding carboxylic acids is 2. The number of hydrogen-bond acceptors (Lipinski definition) is 4. The number of methoxy groups -OCH3 is 1. The van der Waals surface area contributed by atoms with Crippen LogP contribution in [0.5, 0.6) is 0 Å². The van der Waals surface area contributed by atoms with Gasteiger partial charge >= 0.3 is 11.9 Å². The van der Waals surface area contributed by atoms with Crippen LogP contribution in [0.2, 0.25) is 0 Å². The largest absolute Gasteiger partial charge is 0.469 e. The van der Waals surface area contributed by atoms with Gasteiger partial charge in [-0.25, -0.2) is 0 Å². The summed E-state index contributed by atoms with van der Waals surface area (Å²) in [5.41, 5.74) is 0. The fourth-order valence-corrected chi connectivity index (χ4v) is 3.76. The summed E-state index contributed by atoms with van der Waals surface area (Å²) in [6, 6.07) is 0. The van der Waals surface area contributed by atoms with Crippen LogP contribution in [0.3, 0.4) is 0 Å². The van der Waals surface area contributed by atoms with Gasteiger partial charge in [-0.1, -0.05) is 0 Å². The second kappa shape index (κ2) is 2.97. The van der Waals surface area contributed by atoms with Gasteiger partial charge in [0.2, 0.25) is 0 Å². The molecule has 3 fully saturated rings. The molecule has 1 heterocycles. The fraction of sp³-hybridized carbons (Fsp3) is 0.818. The van der Waals surface area contributed by atoms with Crippen molar-refractivity contribution in [2.75, 3.05) is 7.11 Å². The zero-order valence-corrected chi connectivity index (χ0v) is 8.64. The molecule has 2 bridgehead atoms. The fourth-order valence-electron chi connectivity index (χ4n) is 3.76. The number of fused-ring (bicyclic) bond motifs is 1. The summed E-state index contributed by atoms with van der Waals surface area (Å²) in [6.07, 6.45) is 2.37. The smallest absolute Gasteiger partial charge is 0.309 e. The van der Waals surface area contributed by atoms with Crippen LogP contribution in [-0.4, -0.2) is 25.2 Å². The molecule has 0 radical (unpaired) electrons. The molecule has 0 amide bonds. The van der Waals surface area contributed by atoms with Crippen LogP contribution in [0.4, 0.5) is 0 Å². The van der Waals surface area contributed by atoms with Crippen LogP contribution in [0.15, 0.2) is 0 Å². The van der Waals surface area contributed by atoms with Crippen molar-refractivity contribution in [1.82, 2.24) is 0 Å². The Hall–Kier alpha value is -1.06. The Kier molecular flexibility index (Phi) is 1.82. The van der Waals surface area contributed by atoms with Crippen molar-refractivity contribution in [3.8, 4) is 0 Å². The Bertz CT molecular complexity index is 325. The van der Waals surface area contributed by atoms with E-state index in [0.29, 0.717) is 18.3 Å². The summed E-state index contributed by atoms with van der Waals surface area (Å²) >= 11 is 0. The molecule has 0 spiro atoms. The van der Waals surface area contributed by atoms with Gasteiger partial charge in [0.15, 0.2) is 0 Å². The van der Waals surface area contributed by atoms with Crippen molar-refractivity contribution in [3.63, 3.8) is 0 Å². The lowest BCUT2D eigenvalue weighted by Crippen LogP contribution is -2.43. The molecule has 0 aromatic carbocycles. The molecule has 15 heavy (non-hydrogen) atoms. The van der Waals surface area contributed by atoms with Gasteiger partial charge in [-0.2, -0.15) is 0 Å². The molecular weight excluding hydrogens is 196 g/mol. The van der Waals surface area contributed by atoms with Gasteiger partial charge in [-0.3, -0.25) is 9.59 Å². The summed E-state index contributed by atoms with van der Waals surface area (Å²) in [7, 11) is 1.42. The third-order valence-electron chi connectivity index (χ3n) is 4.27. The Morgan fingerprint density at radius 3 is 2.93 bits per heavy atom. The third kappa shape index (κ3) is 1.13. The molecule has 1 saturated heterocycles. The number of esters is 2. The van der Waals surface area contributed by atoms with E-state index in [1.54, 1.807) is 0 Å². The lowest BCUT2D eigenvalue weighted by Gasteiger charge is -2.37. The van der Waals surface area contributed by atoms with E-state index in [9.17, 15) is 9.59 Å². The van der Waals surface area contributed by atoms with Crippen LogP contribution >= 0.6 is 0 Å². The maximum Gasteiger partial charge on any atom is 0.309 e. The molecule has 82 valence electrons. The second-order valence-electron chi connectivity index (χ2n) is 4.84. The Morgan fingerprint density at radius 1 is 1.40 bits per heavy atom. The minimum Gasteiger partial charge on any atom is -0.469 e. The highest BCUT2D eigenvalue weighted by Crippen LogP contribution is 2.56. The molecule has 5 atom stereocenters. The molecule has 2 saturated carbocycles. The number of hydrogen-bond donors (Lipinski definition) is 0. The maximum atomic E-state index is 11.6. The van der Waals surface area contributed by atoms with Crippen molar-refractivity contribution in [2.24, 2.45) is 23.7 Å². The van der Waals surface area contributed by atoms with Gasteiger partial charge in [0.25, 0.3) is 0 Å². The number of rotatable bonds is 1. The molecule has 0 aromatic heterocycles. The van der Waals surface area contributed by atoms with Crippen molar-refractivity contribution in [3.05, 3.63) is 0 Å². The molecule has 4 nitrogen and oxygen atoms in total. The average molecular weight is 210 g/mol. The Balaban J connectivity index is 1.88. The third-order valence-corrected chi connectivity index (χ3v) is 4.27. The SMILES string of the molecule is COC(=O)C1C2CC3OC(=O)CC1C3C2. The number of carbonyl (C=O) groups is 2. The molecule has 5 unspecified atom stereocenters. The van der Waals surface area contributed by atoms with Gasteiger partial charge in [0.05, 0.1) is 13.0 Å². The Morgan fingerprint density at radius 2 is 2.20 bits per heavy atom. The first-order valence-electron chi connectivity index (χ1n) is 5.48. The van der Waals surface area contributed by atoms with Crippen LogP contribution in [0.25, 0.3) is 0 Å². The monoisotopic (exact) mass is 210 g/mol. The highest BCUT2D eigenvalue weighted by atomic mass is 16.5. The summed E-state index contributed by atoms with van der Waals surface area (Å²) in [5.74, 6) is 0.644. The quantitative estimate of drug-likeness (QED) is 0.599. The van der Waals surface area contributed by atoms with E-state index in [0.717, 1.165) is 12.8 Å². The molecule has 0 aromatic rings. The molecule has 3 rings (SSSR count). The summed E-state index contributed by atoms with van der Waals surface area (Å²) < 4.78 is 10.1. The zero-order chi connectivity index (χ0) is 10.6. The molecule has 4 heteroatoms. The highest BCUT2D eigenvalue weighted by Gasteiger charge is 2.59. The van der Waals surface area contributed by atoms with E-state index in [2.05, 4.69) is 0 Å². The van der Waals surface area contributed by atoms with E-state index in [1.165, 1.54) is 7.11 Å². The van der Waals surface area contributed by atoms with E-state index >= 15 is 0 Å². The molecular formula is C11H14O4. The van der Waals surface area contributed by atoms with Gasteiger partial charge < -0.3 is 9.47 Å². The van der Waals surface area contributed by atoms with Crippen LogP contribution in [-0.2, 0) is 19.1 Å². The minimum absolute atomic E-state index is 0.0518. The lowest BCUT2D eigenvalue weighted by atomic mass is 9.75. The molecule has 2 aliphatic carbocycles. The number of ether oxygens (including phenoxy) is 2. The van der Waals surface area contributed by atoms with E-state index in [4.69, 9.17) is 9.47 Å². The van der Waals surface area contributed by atoms with Gasteiger partial charge in [-0.15, -0.1) is 0 Å². The first-order chi connectivity index (χ1) is 7.20. The normalized spacial score (nSPS) is 46.5. The van der Waals surface area contributed by atoms with E-state index in [-0.39, 0.29) is 29.9 Å². The van der Waals surface area contributed by atoms with Crippen LogP contribution in [0.1, 0.15) is 19.3 Å². The summed E-state index contributed by atoms with van der Waals surface area (Å²) in [4.78, 5) is 23.0. The predicted molar refractivity (Wildman–Crippen MR) is 49.7 cm³/mol. The minimum atomic E-state index is -0.143. The summed E-state index contributed by atoms with van der Waals surface area (Å²) in [5, 5.41) is 0. The molecule has 1 aliphatic heterocycles. The Labute approximate surface area is 87.9 Å². The van der Waals surface area contributed by atoms with Gasteiger partial charge in [-0.05, 0) is 24.7 Å². The summed E-state index contributed by atoms with van der Waals surface area (Å²) in [6.45, 7) is 0. The average Bonchev–Trinajstić information content (AvgIpc) is 2.73. The van der Waals surface area contributed by atoms with E-state index in [1.807, 2.05) is 0 Å². The van der Waals surface area contributed by atoms with Crippen LogP contribution in [0, 0.1) is 23.7 Å². The maximum absolute atomic E-state index is 11.6. The van der Waals surface area contributed by atoms with Crippen molar-refractivity contribution in [2.45, 2.75) is 25.4 Å². The predicted octanol–water partition coefficient (Wildman–Crippen LogP) is 0.747. The van der Waals surface area contributed by atoms with Crippen molar-refractivity contribution >= 4 is 11.9 Å². The van der Waals surface area contributed by atoms with E-state index < -0.39 is 0 Å². The van der Waals surface area contributed by atoms with Crippen molar-refractivity contribution < 1.29 is 19.1 Å². The standard InChI is InChI=1S/C11H14O4/c1-14-11(13)10-5-2-6-7(10)4-9(12)15-8(6)3-5/h5-8,10H,2-4H2,1H3. The zero-order valence-electron chi connectivity index (χ0n) is 8.64. The van der Waals surface area contributed by atoms with Gasteiger partial charge in [0.1, 0.15) is 6.10 Å². The van der Waals surface area contributed by atoms with Gasteiger partial charge in [0, 0.05) is 12.3 Å². The first-order valence-corrected chi connectivity index (χ1v) is 5.48. The first kappa shape index (κ1) is 9.19.